The maximum atomic E-state index is 12.0. The van der Waals surface area contributed by atoms with Gasteiger partial charge in [-0.3, -0.25) is 0 Å². The smallest absolute Gasteiger partial charge is 0.338 e. The second-order valence-corrected chi connectivity index (χ2v) is 4.18. The second kappa shape index (κ2) is 8.33. The van der Waals surface area contributed by atoms with Crippen LogP contribution >= 0.6 is 0 Å². The monoisotopic (exact) mass is 290 g/mol. The maximum absolute atomic E-state index is 12.0. The van der Waals surface area contributed by atoms with Crippen molar-refractivity contribution in [3.8, 4) is 0 Å². The van der Waals surface area contributed by atoms with Crippen molar-refractivity contribution in [3.63, 3.8) is 0 Å². The van der Waals surface area contributed by atoms with Crippen molar-refractivity contribution in [3.05, 3.63) is 12.7 Å². The third kappa shape index (κ3) is 3.56. The van der Waals surface area contributed by atoms with Gasteiger partial charge in [0.05, 0.1) is 0 Å². The molecule has 7 nitrogen and oxygen atoms in total. The predicted octanol–water partition coefficient (Wildman–Crippen LogP) is 0.132. The van der Waals surface area contributed by atoms with Crippen LogP contribution in [0.3, 0.4) is 0 Å². The van der Waals surface area contributed by atoms with E-state index in [1.807, 2.05) is 0 Å². The Morgan fingerprint density at radius 2 is 1.65 bits per heavy atom. The molecule has 7 heteroatoms. The van der Waals surface area contributed by atoms with E-state index in [9.17, 15) is 4.79 Å². The van der Waals surface area contributed by atoms with Crippen LogP contribution in [0.4, 0.5) is 0 Å². The molecule has 0 aromatic heterocycles. The highest BCUT2D eigenvalue weighted by molar-refractivity contribution is 5.76. The topological polar surface area (TPSA) is 72.5 Å². The van der Waals surface area contributed by atoms with Crippen molar-refractivity contribution in [1.29, 1.82) is 0 Å². The number of hydrogen-bond donors (Lipinski definition) is 0. The highest BCUT2D eigenvalue weighted by Gasteiger charge is 2.50. The normalized spacial score (nSPS) is 33.7. The van der Waals surface area contributed by atoms with E-state index in [0.29, 0.717) is 0 Å². The Labute approximate surface area is 118 Å². The molecule has 0 radical (unpaired) electrons. The van der Waals surface area contributed by atoms with Gasteiger partial charge in [-0.25, -0.2) is 4.79 Å². The third-order valence-electron chi connectivity index (χ3n) is 3.12. The Balaban J connectivity index is 2.92. The molecule has 1 saturated heterocycles. The summed E-state index contributed by atoms with van der Waals surface area (Å²) in [6.07, 6.45) is -1.93. The lowest BCUT2D eigenvalue weighted by Gasteiger charge is -2.43. The Morgan fingerprint density at radius 3 is 2.10 bits per heavy atom. The highest BCUT2D eigenvalue weighted by atomic mass is 16.7. The molecular weight excluding hydrogens is 268 g/mol. The summed E-state index contributed by atoms with van der Waals surface area (Å²) in [6.45, 7) is 3.58. The summed E-state index contributed by atoms with van der Waals surface area (Å²) in [4.78, 5) is 12.0. The minimum absolute atomic E-state index is 0.0954. The molecule has 1 aliphatic heterocycles. The second-order valence-electron chi connectivity index (χ2n) is 4.18. The van der Waals surface area contributed by atoms with Gasteiger partial charge in [-0.1, -0.05) is 12.7 Å². The van der Waals surface area contributed by atoms with Crippen LogP contribution in [-0.4, -0.2) is 71.7 Å². The van der Waals surface area contributed by atoms with E-state index in [1.54, 1.807) is 0 Å². The Kier molecular flexibility index (Phi) is 7.11. The molecule has 0 bridgehead atoms. The van der Waals surface area contributed by atoms with E-state index in [2.05, 4.69) is 6.58 Å². The lowest BCUT2D eigenvalue weighted by atomic mass is 9.98. The number of carbonyl (C=O) groups excluding carboxylic acids is 1. The number of esters is 1. The highest BCUT2D eigenvalue weighted by Crippen LogP contribution is 2.28. The van der Waals surface area contributed by atoms with Crippen LogP contribution in [0.5, 0.6) is 0 Å². The quantitative estimate of drug-likeness (QED) is 0.487. The molecule has 0 N–H and O–H groups in total. The fraction of sp³-hybridized carbons (Fsp3) is 0.769. The summed E-state index contributed by atoms with van der Waals surface area (Å²) in [5.41, 5.74) is 0. The Morgan fingerprint density at radius 1 is 1.05 bits per heavy atom. The first-order chi connectivity index (χ1) is 9.64. The van der Waals surface area contributed by atoms with E-state index in [4.69, 9.17) is 28.4 Å². The number of methoxy groups -OCH3 is 4. The first-order valence-electron chi connectivity index (χ1n) is 6.18. The zero-order valence-electron chi connectivity index (χ0n) is 12.2. The number of carbonyl (C=O) groups is 1. The lowest BCUT2D eigenvalue weighted by molar-refractivity contribution is -0.300. The summed E-state index contributed by atoms with van der Waals surface area (Å²) in [5, 5.41) is 0. The van der Waals surface area contributed by atoms with E-state index in [0.717, 1.165) is 0 Å². The van der Waals surface area contributed by atoms with E-state index in [-0.39, 0.29) is 6.61 Å². The van der Waals surface area contributed by atoms with Crippen molar-refractivity contribution in [2.24, 2.45) is 0 Å². The van der Waals surface area contributed by atoms with Crippen molar-refractivity contribution in [1.82, 2.24) is 0 Å². The third-order valence-corrected chi connectivity index (χ3v) is 3.12. The van der Waals surface area contributed by atoms with Crippen LogP contribution in [0.15, 0.2) is 12.7 Å². The molecule has 20 heavy (non-hydrogen) atoms. The summed E-state index contributed by atoms with van der Waals surface area (Å²) >= 11 is 0. The summed E-state index contributed by atoms with van der Waals surface area (Å²) in [5.74, 6) is -0.560. The molecule has 0 unspecified atom stereocenters. The van der Waals surface area contributed by atoms with Crippen LogP contribution in [0.25, 0.3) is 0 Å². The van der Waals surface area contributed by atoms with Crippen LogP contribution in [0, 0.1) is 0 Å². The zero-order chi connectivity index (χ0) is 15.1. The molecule has 1 rings (SSSR count). The summed E-state index contributed by atoms with van der Waals surface area (Å²) < 4.78 is 31.8. The van der Waals surface area contributed by atoms with Gasteiger partial charge in [-0.15, -0.1) is 0 Å². The van der Waals surface area contributed by atoms with Crippen molar-refractivity contribution >= 4 is 5.97 Å². The van der Waals surface area contributed by atoms with Gasteiger partial charge in [-0.05, 0) is 0 Å². The van der Waals surface area contributed by atoms with Crippen LogP contribution in [-0.2, 0) is 33.2 Å². The van der Waals surface area contributed by atoms with Crippen LogP contribution in [0.2, 0.25) is 0 Å². The maximum Gasteiger partial charge on any atom is 0.338 e. The van der Waals surface area contributed by atoms with E-state index < -0.39 is 36.7 Å². The van der Waals surface area contributed by atoms with Crippen molar-refractivity contribution in [2.75, 3.05) is 35.0 Å². The van der Waals surface area contributed by atoms with Gasteiger partial charge in [-0.2, -0.15) is 0 Å². The number of ether oxygens (including phenoxy) is 6. The molecule has 1 heterocycles. The van der Waals surface area contributed by atoms with Gasteiger partial charge >= 0.3 is 5.97 Å². The molecule has 0 spiro atoms. The molecule has 1 fully saturated rings. The SMILES string of the molecule is C=CCOC(=O)[C@H]1O[C@H](OC)[C@H](OC)[C@@H](OC)[C@H]1OC. The number of hydrogen-bond acceptors (Lipinski definition) is 7. The average molecular weight is 290 g/mol. The summed E-state index contributed by atoms with van der Waals surface area (Å²) in [7, 11) is 5.94. The standard InChI is InChI=1S/C13H22O7/c1-6-7-19-12(14)10-8(15-2)9(16-3)11(17-4)13(18-5)20-10/h6,8-11,13H,1,7H2,2-5H3/t8-,9+,10+,11-,13+/m1/s1. The number of rotatable bonds is 7. The van der Waals surface area contributed by atoms with E-state index >= 15 is 0 Å². The van der Waals surface area contributed by atoms with Gasteiger partial charge in [0.2, 0.25) is 0 Å². The molecule has 0 aromatic rings. The summed E-state index contributed by atoms with van der Waals surface area (Å²) in [6, 6.07) is 0. The molecule has 1 aliphatic rings. The van der Waals surface area contributed by atoms with Gasteiger partial charge < -0.3 is 28.4 Å². The molecule has 0 saturated carbocycles. The first-order valence-corrected chi connectivity index (χ1v) is 6.18. The zero-order valence-corrected chi connectivity index (χ0v) is 12.2. The minimum atomic E-state index is -0.957. The van der Waals surface area contributed by atoms with Gasteiger partial charge in [0.1, 0.15) is 24.9 Å². The van der Waals surface area contributed by atoms with E-state index in [1.165, 1.54) is 34.5 Å². The fourth-order valence-corrected chi connectivity index (χ4v) is 2.19. The van der Waals surface area contributed by atoms with Gasteiger partial charge in [0, 0.05) is 28.4 Å². The first kappa shape index (κ1) is 17.1. The fourth-order valence-electron chi connectivity index (χ4n) is 2.19. The average Bonchev–Trinajstić information content (AvgIpc) is 2.49. The van der Waals surface area contributed by atoms with Crippen LogP contribution in [0.1, 0.15) is 0 Å². The molecule has 0 aromatic carbocycles. The Bertz CT molecular complexity index is 320. The van der Waals surface area contributed by atoms with Crippen molar-refractivity contribution < 1.29 is 33.2 Å². The van der Waals surface area contributed by atoms with Crippen molar-refractivity contribution in [2.45, 2.75) is 30.7 Å². The minimum Gasteiger partial charge on any atom is -0.459 e. The molecule has 0 aliphatic carbocycles. The lowest BCUT2D eigenvalue weighted by Crippen LogP contribution is -2.62. The van der Waals surface area contributed by atoms with Crippen LogP contribution < -0.4 is 0 Å². The molecular formula is C13H22O7. The molecule has 0 amide bonds. The molecule has 5 atom stereocenters. The Hall–Kier alpha value is -0.990. The van der Waals surface area contributed by atoms with Gasteiger partial charge in [0.25, 0.3) is 0 Å². The molecule has 116 valence electrons. The largest absolute Gasteiger partial charge is 0.459 e. The van der Waals surface area contributed by atoms with Gasteiger partial charge in [0.15, 0.2) is 12.4 Å². The predicted molar refractivity (Wildman–Crippen MR) is 69.2 cm³/mol.